The van der Waals surface area contributed by atoms with Crippen molar-refractivity contribution >= 4 is 6.29 Å². The van der Waals surface area contributed by atoms with Crippen molar-refractivity contribution in [1.82, 2.24) is 20.3 Å². The van der Waals surface area contributed by atoms with E-state index in [1.807, 2.05) is 0 Å². The van der Waals surface area contributed by atoms with Crippen LogP contribution in [0, 0.1) is 0 Å². The number of hydrogen-bond acceptors (Lipinski definition) is 6. The first kappa shape index (κ1) is 10.2. The Morgan fingerprint density at radius 3 is 3.20 bits per heavy atom. The maximum absolute atomic E-state index is 10.5. The van der Waals surface area contributed by atoms with Crippen LogP contribution < -0.4 is 5.32 Å². The van der Waals surface area contributed by atoms with Gasteiger partial charge in [0.2, 0.25) is 0 Å². The topological polar surface area (TPSA) is 89.3 Å². The van der Waals surface area contributed by atoms with Crippen molar-refractivity contribution in [2.24, 2.45) is 0 Å². The minimum atomic E-state index is -0.590. The molecule has 1 aliphatic rings. The van der Waals surface area contributed by atoms with Crippen LogP contribution in [-0.2, 0) is 9.53 Å². The molecule has 3 atom stereocenters. The fraction of sp³-hybridized carbons (Fsp3) is 0.625. The molecule has 2 rings (SSSR count). The first-order chi connectivity index (χ1) is 7.35. The molecule has 0 saturated carbocycles. The first-order valence-electron chi connectivity index (χ1n) is 4.66. The van der Waals surface area contributed by atoms with Gasteiger partial charge in [-0.2, -0.15) is 0 Å². The number of carbonyl (C=O) groups excluding carboxylic acids is 1. The molecule has 3 unspecified atom stereocenters. The lowest BCUT2D eigenvalue weighted by Gasteiger charge is -2.19. The number of hydrogen-bond donors (Lipinski definition) is 2. The van der Waals surface area contributed by atoms with Crippen LogP contribution in [0.3, 0.4) is 0 Å². The third-order valence-corrected chi connectivity index (χ3v) is 2.36. The molecule has 0 spiro atoms. The van der Waals surface area contributed by atoms with E-state index in [2.05, 4.69) is 15.6 Å². The van der Waals surface area contributed by atoms with Crippen LogP contribution in [0.1, 0.15) is 6.04 Å². The fourth-order valence-corrected chi connectivity index (χ4v) is 1.59. The molecule has 0 aliphatic carbocycles. The number of nitrogens with zero attached hydrogens (tertiary/aromatic N) is 3. The van der Waals surface area contributed by atoms with Gasteiger partial charge in [0.25, 0.3) is 0 Å². The number of carbonyl (C=O) groups is 1. The van der Waals surface area contributed by atoms with Crippen molar-refractivity contribution in [1.29, 1.82) is 0 Å². The second kappa shape index (κ2) is 4.47. The normalized spacial score (nSPS) is 27.8. The molecular weight excluding hydrogens is 200 g/mol. The van der Waals surface area contributed by atoms with Gasteiger partial charge in [-0.3, -0.25) is 10.1 Å². The summed E-state index contributed by atoms with van der Waals surface area (Å²) < 4.78 is 6.89. The van der Waals surface area contributed by atoms with E-state index in [9.17, 15) is 9.90 Å². The molecule has 1 aromatic heterocycles. The van der Waals surface area contributed by atoms with E-state index in [1.54, 1.807) is 6.20 Å². The quantitative estimate of drug-likeness (QED) is 0.580. The van der Waals surface area contributed by atoms with Crippen LogP contribution in [0.4, 0.5) is 0 Å². The molecule has 7 nitrogen and oxygen atoms in total. The highest BCUT2D eigenvalue weighted by Crippen LogP contribution is 2.17. The predicted octanol–water partition coefficient (Wildman–Crippen LogP) is -1.68. The van der Waals surface area contributed by atoms with Gasteiger partial charge < -0.3 is 9.84 Å². The van der Waals surface area contributed by atoms with Crippen molar-refractivity contribution in [3.8, 4) is 0 Å². The summed E-state index contributed by atoms with van der Waals surface area (Å²) in [6, 6.07) is -0.315. The SMILES string of the molecule is O=CC1NCC(C(CO)n2ccnn2)O1. The summed E-state index contributed by atoms with van der Waals surface area (Å²) in [6.45, 7) is 0.399. The van der Waals surface area contributed by atoms with E-state index in [0.29, 0.717) is 12.8 Å². The number of aliphatic hydroxyl groups excluding tert-OH is 1. The average molecular weight is 212 g/mol. The Morgan fingerprint density at radius 1 is 1.80 bits per heavy atom. The Hall–Kier alpha value is -1.31. The molecule has 2 N–H and O–H groups in total. The van der Waals surface area contributed by atoms with E-state index in [4.69, 9.17) is 4.74 Å². The number of rotatable bonds is 4. The Kier molecular flexibility index (Phi) is 3.05. The lowest BCUT2D eigenvalue weighted by Crippen LogP contribution is -2.30. The van der Waals surface area contributed by atoms with Gasteiger partial charge in [-0.05, 0) is 0 Å². The largest absolute Gasteiger partial charge is 0.394 e. The Balaban J connectivity index is 2.05. The molecule has 0 amide bonds. The Bertz CT molecular complexity index is 316. The van der Waals surface area contributed by atoms with Gasteiger partial charge in [-0.15, -0.1) is 5.10 Å². The monoisotopic (exact) mass is 212 g/mol. The molecule has 0 bridgehead atoms. The second-order valence-electron chi connectivity index (χ2n) is 3.27. The number of aliphatic hydroxyl groups is 1. The van der Waals surface area contributed by atoms with Crippen molar-refractivity contribution in [2.45, 2.75) is 18.4 Å². The van der Waals surface area contributed by atoms with Crippen molar-refractivity contribution < 1.29 is 14.6 Å². The summed E-state index contributed by atoms with van der Waals surface area (Å²) in [4.78, 5) is 10.5. The third kappa shape index (κ3) is 2.04. The maximum Gasteiger partial charge on any atom is 0.165 e. The van der Waals surface area contributed by atoms with Gasteiger partial charge in [0.05, 0.1) is 18.9 Å². The van der Waals surface area contributed by atoms with Crippen LogP contribution >= 0.6 is 0 Å². The zero-order chi connectivity index (χ0) is 10.7. The van der Waals surface area contributed by atoms with Crippen LogP contribution in [0.15, 0.2) is 12.4 Å². The highest BCUT2D eigenvalue weighted by Gasteiger charge is 2.32. The summed E-state index contributed by atoms with van der Waals surface area (Å²) in [5, 5.41) is 19.6. The lowest BCUT2D eigenvalue weighted by atomic mass is 10.2. The number of nitrogens with one attached hydrogen (secondary N) is 1. The van der Waals surface area contributed by atoms with E-state index >= 15 is 0 Å². The molecule has 0 aromatic carbocycles. The van der Waals surface area contributed by atoms with Crippen LogP contribution in [0.2, 0.25) is 0 Å². The first-order valence-corrected chi connectivity index (χ1v) is 4.66. The number of aldehydes is 1. The molecule has 1 fully saturated rings. The summed E-state index contributed by atoms with van der Waals surface area (Å²) in [7, 11) is 0. The fourth-order valence-electron chi connectivity index (χ4n) is 1.59. The summed E-state index contributed by atoms with van der Waals surface area (Å²) in [5.41, 5.74) is 0. The van der Waals surface area contributed by atoms with E-state index < -0.39 is 6.23 Å². The van der Waals surface area contributed by atoms with Gasteiger partial charge in [0, 0.05) is 12.7 Å². The Morgan fingerprint density at radius 2 is 2.67 bits per heavy atom. The van der Waals surface area contributed by atoms with E-state index in [0.717, 1.165) is 0 Å². The van der Waals surface area contributed by atoms with Gasteiger partial charge in [0.1, 0.15) is 6.04 Å². The zero-order valence-corrected chi connectivity index (χ0v) is 7.98. The highest BCUT2D eigenvalue weighted by atomic mass is 16.5. The molecule has 1 aliphatic heterocycles. The van der Waals surface area contributed by atoms with Crippen molar-refractivity contribution in [2.75, 3.05) is 13.2 Å². The summed E-state index contributed by atoms with van der Waals surface area (Å²) in [5.74, 6) is 0. The average Bonchev–Trinajstić information content (AvgIpc) is 2.89. The van der Waals surface area contributed by atoms with Crippen LogP contribution in [0.25, 0.3) is 0 Å². The molecule has 2 heterocycles. The van der Waals surface area contributed by atoms with E-state index in [-0.39, 0.29) is 18.8 Å². The van der Waals surface area contributed by atoms with Gasteiger partial charge in [-0.1, -0.05) is 5.21 Å². The lowest BCUT2D eigenvalue weighted by molar-refractivity contribution is -0.119. The minimum Gasteiger partial charge on any atom is -0.394 e. The van der Waals surface area contributed by atoms with Crippen molar-refractivity contribution in [3.63, 3.8) is 0 Å². The maximum atomic E-state index is 10.5. The number of ether oxygens (including phenoxy) is 1. The van der Waals surface area contributed by atoms with Gasteiger partial charge >= 0.3 is 0 Å². The van der Waals surface area contributed by atoms with Gasteiger partial charge in [0.15, 0.2) is 12.5 Å². The summed E-state index contributed by atoms with van der Waals surface area (Å²) in [6.07, 6.45) is 3.01. The van der Waals surface area contributed by atoms with Crippen LogP contribution in [0.5, 0.6) is 0 Å². The molecule has 82 valence electrons. The standard InChI is InChI=1S/C8H12N4O3/c13-4-6(12-2-1-10-11-12)7-3-9-8(5-14)15-7/h1-2,5-9,13H,3-4H2. The zero-order valence-electron chi connectivity index (χ0n) is 7.98. The van der Waals surface area contributed by atoms with Gasteiger partial charge in [-0.25, -0.2) is 4.68 Å². The third-order valence-electron chi connectivity index (χ3n) is 2.36. The molecule has 7 heteroatoms. The molecule has 1 aromatic rings. The second-order valence-corrected chi connectivity index (χ2v) is 3.27. The predicted molar refractivity (Wildman–Crippen MR) is 48.9 cm³/mol. The Labute approximate surface area is 86.0 Å². The molecule has 0 radical (unpaired) electrons. The minimum absolute atomic E-state index is 0.110. The highest BCUT2D eigenvalue weighted by molar-refractivity contribution is 5.55. The van der Waals surface area contributed by atoms with E-state index in [1.165, 1.54) is 10.9 Å². The van der Waals surface area contributed by atoms with Crippen LogP contribution in [-0.4, -0.2) is 51.9 Å². The molecular formula is C8H12N4O3. The summed E-state index contributed by atoms with van der Waals surface area (Å²) >= 11 is 0. The van der Waals surface area contributed by atoms with Crippen molar-refractivity contribution in [3.05, 3.63) is 12.4 Å². The molecule has 15 heavy (non-hydrogen) atoms. The molecule has 1 saturated heterocycles. The smallest absolute Gasteiger partial charge is 0.165 e. The number of aromatic nitrogens is 3.